The maximum absolute atomic E-state index is 11.5. The van der Waals surface area contributed by atoms with Gasteiger partial charge in [0.05, 0.1) is 0 Å². The summed E-state index contributed by atoms with van der Waals surface area (Å²) < 4.78 is 4.94. The summed E-state index contributed by atoms with van der Waals surface area (Å²) in [5.74, 6) is -0.204. The van der Waals surface area contributed by atoms with E-state index in [0.717, 1.165) is 5.57 Å². The van der Waals surface area contributed by atoms with Crippen LogP contribution in [-0.4, -0.2) is 28.9 Å². The summed E-state index contributed by atoms with van der Waals surface area (Å²) in [5, 5.41) is 0. The van der Waals surface area contributed by atoms with Crippen LogP contribution >= 0.6 is 0 Å². The second kappa shape index (κ2) is 8.53. The van der Waals surface area contributed by atoms with Crippen molar-refractivity contribution < 1.29 is 7.87 Å². The van der Waals surface area contributed by atoms with Crippen molar-refractivity contribution in [3.63, 3.8) is 0 Å². The first-order valence-electron chi connectivity index (χ1n) is 4.83. The van der Waals surface area contributed by atoms with Crippen LogP contribution in [0.2, 0.25) is 0 Å². The second-order valence-electron chi connectivity index (χ2n) is 3.05. The summed E-state index contributed by atoms with van der Waals surface area (Å²) in [5.41, 5.74) is 1.74. The number of hydrogen-bond acceptors (Lipinski definition) is 2. The van der Waals surface area contributed by atoms with E-state index in [0.29, 0.717) is 24.8 Å². The van der Waals surface area contributed by atoms with E-state index in [2.05, 4.69) is 19.7 Å². The standard InChI is InChI=1S/C12H16O2.Sn.3H/c1-4-7-10(8-5-2)11(9-6-3)12(13)14;;;;/h4-6H,1-3,7-9H2,(H,13,14);;;;/q;+1;;;/p-1. The van der Waals surface area contributed by atoms with Crippen molar-refractivity contribution in [1.82, 2.24) is 0 Å². The molecule has 0 spiro atoms. The molecule has 0 atom stereocenters. The van der Waals surface area contributed by atoms with Gasteiger partial charge in [0.15, 0.2) is 0 Å². The van der Waals surface area contributed by atoms with Crippen molar-refractivity contribution >= 4 is 28.9 Å². The first-order valence-corrected chi connectivity index (χ1v) is 7.16. The second-order valence-corrected chi connectivity index (χ2v) is 4.22. The Labute approximate surface area is 105 Å². The van der Waals surface area contributed by atoms with Gasteiger partial charge in [-0.2, -0.15) is 0 Å². The molecular weight excluding hydrogens is 295 g/mol. The van der Waals surface area contributed by atoms with Gasteiger partial charge in [-0.25, -0.2) is 0 Å². The van der Waals surface area contributed by atoms with Gasteiger partial charge in [-0.05, 0) is 0 Å². The Morgan fingerprint density at radius 2 is 1.53 bits per heavy atom. The van der Waals surface area contributed by atoms with Crippen LogP contribution in [0.4, 0.5) is 0 Å². The summed E-state index contributed by atoms with van der Waals surface area (Å²) in [4.78, 5) is 11.5. The first kappa shape index (κ1) is 14.2. The number of carbonyl (C=O) groups excluding carboxylic acids is 1. The van der Waals surface area contributed by atoms with Crippen molar-refractivity contribution in [2.75, 3.05) is 0 Å². The van der Waals surface area contributed by atoms with Gasteiger partial charge in [-0.1, -0.05) is 0 Å². The SMILES string of the molecule is C=CCC(CC=C)=C(CC=C)C(=O)[O][SnH3]. The molecule has 0 saturated heterocycles. The zero-order valence-corrected chi connectivity index (χ0v) is 15.0. The first-order chi connectivity index (χ1) is 7.21. The molecule has 0 aliphatic carbocycles. The predicted molar refractivity (Wildman–Crippen MR) is 67.5 cm³/mol. The summed E-state index contributed by atoms with van der Waals surface area (Å²) in [6.07, 6.45) is 7.23. The van der Waals surface area contributed by atoms with E-state index in [9.17, 15) is 4.79 Å². The molecule has 2 nitrogen and oxygen atoms in total. The van der Waals surface area contributed by atoms with Crippen LogP contribution < -0.4 is 0 Å². The zero-order valence-electron chi connectivity index (χ0n) is 9.29. The normalized spacial score (nSPS) is 9.07. The Balaban J connectivity index is 5.09. The molecule has 0 rings (SSSR count). The summed E-state index contributed by atoms with van der Waals surface area (Å²) in [6, 6.07) is 0. The molecule has 0 bridgehead atoms. The monoisotopic (exact) mass is 314 g/mol. The van der Waals surface area contributed by atoms with Gasteiger partial charge >= 0.3 is 105 Å². The molecule has 0 aliphatic heterocycles. The third-order valence-electron chi connectivity index (χ3n) is 1.99. The fraction of sp³-hybridized carbons (Fsp3) is 0.250. The molecule has 0 amide bonds. The van der Waals surface area contributed by atoms with Crippen LogP contribution in [0.1, 0.15) is 19.3 Å². The molecule has 3 heteroatoms. The Kier molecular flexibility index (Phi) is 8.09. The topological polar surface area (TPSA) is 26.3 Å². The van der Waals surface area contributed by atoms with Gasteiger partial charge in [0.1, 0.15) is 0 Å². The van der Waals surface area contributed by atoms with Crippen LogP contribution in [-0.2, 0) is 7.87 Å². The molecule has 0 saturated carbocycles. The zero-order chi connectivity index (χ0) is 11.7. The van der Waals surface area contributed by atoms with Gasteiger partial charge in [-0.3, -0.25) is 0 Å². The summed E-state index contributed by atoms with van der Waals surface area (Å²) >= 11 is -0.0834. The van der Waals surface area contributed by atoms with Gasteiger partial charge < -0.3 is 0 Å². The molecule has 0 fully saturated rings. The minimum absolute atomic E-state index is 0.0834. The van der Waals surface area contributed by atoms with Crippen LogP contribution in [0.25, 0.3) is 0 Å². The Morgan fingerprint density at radius 1 is 1.07 bits per heavy atom. The van der Waals surface area contributed by atoms with Crippen molar-refractivity contribution in [2.24, 2.45) is 0 Å². The van der Waals surface area contributed by atoms with Crippen LogP contribution in [0.3, 0.4) is 0 Å². The van der Waals surface area contributed by atoms with Crippen LogP contribution in [0, 0.1) is 0 Å². The number of rotatable bonds is 7. The quantitative estimate of drug-likeness (QED) is 0.407. The molecule has 0 aliphatic rings. The molecule has 0 N–H and O–H groups in total. The molecule has 0 radical (unpaired) electrons. The summed E-state index contributed by atoms with van der Waals surface area (Å²) in [6.45, 7) is 11.0. The van der Waals surface area contributed by atoms with Gasteiger partial charge in [-0.15, -0.1) is 0 Å². The van der Waals surface area contributed by atoms with Gasteiger partial charge in [0.25, 0.3) is 0 Å². The van der Waals surface area contributed by atoms with Crippen molar-refractivity contribution in [3.05, 3.63) is 49.1 Å². The molecular formula is C12H18O2Sn. The Bertz CT molecular complexity index is 278. The predicted octanol–water partition coefficient (Wildman–Crippen LogP) is 1.83. The number of hydrogen-bond donors (Lipinski definition) is 0. The number of allylic oxidation sites excluding steroid dienone is 4. The van der Waals surface area contributed by atoms with E-state index < -0.39 is 0 Å². The minimum atomic E-state index is -0.204. The fourth-order valence-electron chi connectivity index (χ4n) is 1.32. The molecule has 0 aromatic carbocycles. The molecule has 0 aromatic rings. The van der Waals surface area contributed by atoms with E-state index in [1.165, 1.54) is 0 Å². The Hall–Kier alpha value is -0.771. The fourth-order valence-corrected chi connectivity index (χ4v) is 2.02. The average Bonchev–Trinajstić information content (AvgIpc) is 2.25. The van der Waals surface area contributed by atoms with Crippen LogP contribution in [0.5, 0.6) is 0 Å². The van der Waals surface area contributed by atoms with Gasteiger partial charge in [0.2, 0.25) is 0 Å². The van der Waals surface area contributed by atoms with E-state index in [4.69, 9.17) is 3.07 Å². The third kappa shape index (κ3) is 5.02. The van der Waals surface area contributed by atoms with E-state index in [-0.39, 0.29) is 28.9 Å². The van der Waals surface area contributed by atoms with Crippen LogP contribution in [0.15, 0.2) is 49.1 Å². The Morgan fingerprint density at radius 3 is 1.87 bits per heavy atom. The molecule has 82 valence electrons. The average molecular weight is 313 g/mol. The number of carbonyl (C=O) groups is 1. The van der Waals surface area contributed by atoms with E-state index in [1.54, 1.807) is 18.2 Å². The molecule has 0 aromatic heterocycles. The van der Waals surface area contributed by atoms with E-state index >= 15 is 0 Å². The molecule has 0 heterocycles. The van der Waals surface area contributed by atoms with Gasteiger partial charge in [0, 0.05) is 0 Å². The third-order valence-corrected chi connectivity index (χ3v) is 3.05. The van der Waals surface area contributed by atoms with Crippen molar-refractivity contribution in [1.29, 1.82) is 0 Å². The molecule has 15 heavy (non-hydrogen) atoms. The van der Waals surface area contributed by atoms with E-state index in [1.807, 2.05) is 0 Å². The summed E-state index contributed by atoms with van der Waals surface area (Å²) in [7, 11) is 0. The van der Waals surface area contributed by atoms with Crippen molar-refractivity contribution in [2.45, 2.75) is 19.3 Å². The molecule has 0 unspecified atom stereocenters. The van der Waals surface area contributed by atoms with Crippen molar-refractivity contribution in [3.8, 4) is 0 Å². The maximum atomic E-state index is 11.5.